The molecule has 13 heteroatoms. The molecule has 0 fully saturated rings. The zero-order chi connectivity index (χ0) is 37.3. The predicted molar refractivity (Wildman–Crippen MR) is 177 cm³/mol. The monoisotopic (exact) mass is 719 g/mol. The van der Waals surface area contributed by atoms with Gasteiger partial charge < -0.3 is 18.8 Å². The second-order valence-corrected chi connectivity index (χ2v) is 12.7. The maximum atomic E-state index is 14.6. The highest BCUT2D eigenvalue weighted by molar-refractivity contribution is 5.89. The van der Waals surface area contributed by atoms with Crippen molar-refractivity contribution < 1.29 is 54.1 Å². The lowest BCUT2D eigenvalue weighted by atomic mass is 9.95. The molecule has 50 heavy (non-hydrogen) atoms. The van der Waals surface area contributed by atoms with Crippen molar-refractivity contribution in [2.24, 2.45) is 5.92 Å². The van der Waals surface area contributed by atoms with Crippen LogP contribution in [0.25, 0.3) is 22.2 Å². The van der Waals surface area contributed by atoms with Gasteiger partial charge in [0.2, 0.25) is 0 Å². The van der Waals surface area contributed by atoms with Crippen LogP contribution in [0.2, 0.25) is 0 Å². The minimum absolute atomic E-state index is 0.00858. The minimum Gasteiger partial charge on any atom is -0.496 e. The number of rotatable bonds is 21. The number of hydrogen-bond acceptors (Lipinski definition) is 4. The van der Waals surface area contributed by atoms with Gasteiger partial charge in [0, 0.05) is 29.6 Å². The van der Waals surface area contributed by atoms with E-state index >= 15 is 0 Å². The quantitative estimate of drug-likeness (QED) is 0.0476. The van der Waals surface area contributed by atoms with Gasteiger partial charge in [0.05, 0.1) is 44.4 Å². The molecule has 0 saturated heterocycles. The van der Waals surface area contributed by atoms with Crippen LogP contribution in [-0.4, -0.2) is 54.6 Å². The van der Waals surface area contributed by atoms with E-state index in [1.165, 1.54) is 12.1 Å². The largest absolute Gasteiger partial charge is 0.496 e. The van der Waals surface area contributed by atoms with E-state index in [4.69, 9.17) is 9.47 Å². The number of methoxy groups -OCH3 is 1. The first-order chi connectivity index (χ1) is 23.4. The van der Waals surface area contributed by atoms with Crippen molar-refractivity contribution in [3.05, 3.63) is 60.7 Å². The number of aryl methyl sites for hydroxylation is 2. The van der Waals surface area contributed by atoms with Gasteiger partial charge >= 0.3 is 29.7 Å². The number of fused-ring (bicyclic) bond motifs is 1. The summed E-state index contributed by atoms with van der Waals surface area (Å²) < 4.78 is 132. The van der Waals surface area contributed by atoms with Crippen LogP contribution in [-0.2, 0) is 22.5 Å². The molecular weight excluding hydrogens is 674 g/mol. The molecule has 0 atom stereocenters. The van der Waals surface area contributed by atoms with Gasteiger partial charge in [0.15, 0.2) is 0 Å². The van der Waals surface area contributed by atoms with Crippen LogP contribution in [0.15, 0.2) is 55.1 Å². The lowest BCUT2D eigenvalue weighted by molar-refractivity contribution is -0.368. The van der Waals surface area contributed by atoms with E-state index in [0.29, 0.717) is 29.8 Å². The molecule has 0 aliphatic heterocycles. The van der Waals surface area contributed by atoms with Crippen LogP contribution in [0, 0.1) is 5.92 Å². The predicted octanol–water partition coefficient (Wildman–Crippen LogP) is 10.9. The maximum absolute atomic E-state index is 14.6. The minimum atomic E-state index is -6.48. The number of aromatic nitrogens is 1. The molecule has 3 rings (SSSR count). The Morgan fingerprint density at radius 3 is 2.14 bits per heavy atom. The van der Waals surface area contributed by atoms with Gasteiger partial charge in [-0.3, -0.25) is 0 Å². The number of alkyl halides is 8. The molecule has 1 aromatic heterocycles. The molecule has 5 nitrogen and oxygen atoms in total. The standard InChI is InChI=1S/C37H45F8NO4/c1-6-8-9-12-26-13-16-29(32(22-26)48-5)31-23-27-14-15-28(24-30(27)46(31)19-10-11-25(3)4)49-20-17-34(38,39)36(42,43)37(44,45)35(40,41)18-21-50-33(47)7-2/h7,13-16,22-25H,2,6,8-12,17-21H2,1,3-5H3. The van der Waals surface area contributed by atoms with E-state index < -0.39 is 55.7 Å². The lowest BCUT2D eigenvalue weighted by Crippen LogP contribution is -2.62. The molecule has 1 heterocycles. The van der Waals surface area contributed by atoms with Gasteiger partial charge in [0.25, 0.3) is 0 Å². The number of ether oxygens (including phenoxy) is 3. The third-order valence-electron chi connectivity index (χ3n) is 8.47. The fraction of sp³-hybridized carbons (Fsp3) is 0.541. The zero-order valence-electron chi connectivity index (χ0n) is 28.8. The van der Waals surface area contributed by atoms with Crippen molar-refractivity contribution in [3.63, 3.8) is 0 Å². The van der Waals surface area contributed by atoms with Crippen molar-refractivity contribution in [1.29, 1.82) is 0 Å². The number of unbranched alkanes of at least 4 members (excludes halogenated alkanes) is 2. The number of carbonyl (C=O) groups is 1. The van der Waals surface area contributed by atoms with Gasteiger partial charge in [-0.15, -0.1) is 0 Å². The van der Waals surface area contributed by atoms with E-state index in [-0.39, 0.29) is 5.75 Å². The summed E-state index contributed by atoms with van der Waals surface area (Å²) in [5.41, 5.74) is 3.44. The summed E-state index contributed by atoms with van der Waals surface area (Å²) in [6.45, 7) is 7.27. The molecule has 0 spiro atoms. The SMILES string of the molecule is C=CC(=O)OCCC(F)(F)C(F)(F)C(F)(F)C(F)(F)CCOc1ccc2cc(-c3ccc(CCCCC)cc3OC)n(CCCC(C)C)c2c1. The summed E-state index contributed by atoms with van der Waals surface area (Å²) in [7, 11) is 1.59. The van der Waals surface area contributed by atoms with Crippen LogP contribution >= 0.6 is 0 Å². The van der Waals surface area contributed by atoms with Crippen LogP contribution in [0.3, 0.4) is 0 Å². The van der Waals surface area contributed by atoms with Gasteiger partial charge in [0.1, 0.15) is 11.5 Å². The van der Waals surface area contributed by atoms with E-state index in [1.807, 2.05) is 28.8 Å². The number of hydrogen-bond donors (Lipinski definition) is 0. The second kappa shape index (κ2) is 17.0. The zero-order valence-corrected chi connectivity index (χ0v) is 28.8. The lowest BCUT2D eigenvalue weighted by Gasteiger charge is -2.36. The van der Waals surface area contributed by atoms with E-state index in [9.17, 15) is 39.9 Å². The summed E-state index contributed by atoms with van der Waals surface area (Å²) in [5.74, 6) is -24.4. The Morgan fingerprint density at radius 2 is 1.54 bits per heavy atom. The first-order valence-corrected chi connectivity index (χ1v) is 16.7. The molecule has 0 radical (unpaired) electrons. The van der Waals surface area contributed by atoms with Crippen molar-refractivity contribution >= 4 is 16.9 Å². The molecule has 278 valence electrons. The number of nitrogens with zero attached hydrogens (tertiary/aromatic N) is 1. The fourth-order valence-electron chi connectivity index (χ4n) is 5.54. The van der Waals surface area contributed by atoms with Gasteiger partial charge in [-0.1, -0.05) is 46.3 Å². The Hall–Kier alpha value is -3.77. The Balaban J connectivity index is 1.85. The number of halogens is 8. The topological polar surface area (TPSA) is 49.7 Å². The molecule has 0 aliphatic rings. The van der Waals surface area contributed by atoms with Crippen LogP contribution in [0.5, 0.6) is 11.5 Å². The normalized spacial score (nSPS) is 12.8. The van der Waals surface area contributed by atoms with Crippen LogP contribution in [0.4, 0.5) is 35.1 Å². The number of esters is 1. The van der Waals surface area contributed by atoms with Gasteiger partial charge in [-0.2, -0.15) is 35.1 Å². The first kappa shape index (κ1) is 40.7. The number of carbonyl (C=O) groups excluding carboxylic acids is 1. The summed E-state index contributed by atoms with van der Waals surface area (Å²) in [6, 6.07) is 12.6. The Labute approximate surface area is 287 Å². The van der Waals surface area contributed by atoms with E-state index in [1.54, 1.807) is 13.2 Å². The van der Waals surface area contributed by atoms with E-state index in [2.05, 4.69) is 32.1 Å². The smallest absolute Gasteiger partial charge is 0.378 e. The van der Waals surface area contributed by atoms with Gasteiger partial charge in [-0.05, 0) is 67.5 Å². The third kappa shape index (κ3) is 9.31. The molecule has 0 bridgehead atoms. The van der Waals surface area contributed by atoms with Gasteiger partial charge in [-0.25, -0.2) is 4.79 Å². The van der Waals surface area contributed by atoms with Crippen molar-refractivity contribution in [1.82, 2.24) is 4.57 Å². The summed E-state index contributed by atoms with van der Waals surface area (Å²) in [6.07, 6.45) is 2.30. The van der Waals surface area contributed by atoms with Crippen molar-refractivity contribution in [3.8, 4) is 22.8 Å². The number of benzene rings is 2. The average molecular weight is 720 g/mol. The summed E-state index contributed by atoms with van der Waals surface area (Å²) >= 11 is 0. The maximum Gasteiger partial charge on any atom is 0.378 e. The summed E-state index contributed by atoms with van der Waals surface area (Å²) in [4.78, 5) is 11.0. The summed E-state index contributed by atoms with van der Waals surface area (Å²) in [5, 5.41) is 0.767. The molecule has 2 aromatic carbocycles. The molecule has 3 aromatic rings. The molecule has 0 aliphatic carbocycles. The highest BCUT2D eigenvalue weighted by atomic mass is 19.4. The first-order valence-electron chi connectivity index (χ1n) is 16.7. The highest BCUT2D eigenvalue weighted by Gasteiger charge is 2.79. The van der Waals surface area contributed by atoms with Crippen LogP contribution in [0.1, 0.15) is 71.3 Å². The Bertz CT molecular complexity index is 1580. The molecule has 0 unspecified atom stereocenters. The fourth-order valence-corrected chi connectivity index (χ4v) is 5.54. The van der Waals surface area contributed by atoms with Crippen LogP contribution < -0.4 is 9.47 Å². The molecule has 0 amide bonds. The average Bonchev–Trinajstić information content (AvgIpc) is 3.41. The van der Waals surface area contributed by atoms with Crippen molar-refractivity contribution in [2.45, 2.75) is 102 Å². The van der Waals surface area contributed by atoms with E-state index in [0.717, 1.165) is 60.7 Å². The molecular formula is C37H45F8NO4. The Morgan fingerprint density at radius 1 is 0.880 bits per heavy atom. The highest BCUT2D eigenvalue weighted by Crippen LogP contribution is 2.54. The van der Waals surface area contributed by atoms with Crippen molar-refractivity contribution in [2.75, 3.05) is 20.3 Å². The second-order valence-electron chi connectivity index (χ2n) is 12.7. The third-order valence-corrected chi connectivity index (χ3v) is 8.47. The molecule has 0 saturated carbocycles. The molecule has 0 N–H and O–H groups in total. The Kier molecular flexibility index (Phi) is 13.8.